The van der Waals surface area contributed by atoms with Gasteiger partial charge < -0.3 is 14.8 Å². The van der Waals surface area contributed by atoms with Gasteiger partial charge in [0.05, 0.1) is 24.6 Å². The maximum absolute atomic E-state index is 12.1. The van der Waals surface area contributed by atoms with Crippen molar-refractivity contribution in [1.82, 2.24) is 20.1 Å². The Morgan fingerprint density at radius 2 is 1.83 bits per heavy atom. The second-order valence-electron chi connectivity index (χ2n) is 6.16. The average molecular weight is 413 g/mol. The Morgan fingerprint density at radius 1 is 1.10 bits per heavy atom. The Labute approximate surface area is 174 Å². The van der Waals surface area contributed by atoms with Gasteiger partial charge in [0, 0.05) is 0 Å². The Bertz CT molecular complexity index is 928. The molecule has 1 aromatic heterocycles. The molecule has 152 valence electrons. The molecule has 0 aliphatic heterocycles. The molecule has 0 bridgehead atoms. The van der Waals surface area contributed by atoms with E-state index >= 15 is 0 Å². The number of hydrogen-bond acceptors (Lipinski definition) is 6. The van der Waals surface area contributed by atoms with Crippen molar-refractivity contribution in [2.45, 2.75) is 19.0 Å². The molecule has 3 aromatic rings. The third kappa shape index (κ3) is 5.99. The van der Waals surface area contributed by atoms with Crippen LogP contribution in [0.5, 0.6) is 11.5 Å². The lowest BCUT2D eigenvalue weighted by atomic mass is 10.2. The zero-order chi connectivity index (χ0) is 20.5. The van der Waals surface area contributed by atoms with Gasteiger partial charge in [0.15, 0.2) is 5.16 Å². The summed E-state index contributed by atoms with van der Waals surface area (Å²) in [6.07, 6.45) is 1.66. The number of amides is 1. The van der Waals surface area contributed by atoms with Crippen LogP contribution in [0.4, 0.5) is 0 Å². The second-order valence-corrected chi connectivity index (χ2v) is 7.10. The number of aromatic nitrogens is 3. The summed E-state index contributed by atoms with van der Waals surface area (Å²) in [5, 5.41) is 11.6. The predicted molar refractivity (Wildman–Crippen MR) is 113 cm³/mol. The van der Waals surface area contributed by atoms with Crippen molar-refractivity contribution in [3.63, 3.8) is 0 Å². The fourth-order valence-corrected chi connectivity index (χ4v) is 3.41. The Hall–Kier alpha value is -3.00. The summed E-state index contributed by atoms with van der Waals surface area (Å²) < 4.78 is 12.9. The molecule has 0 unspecified atom stereocenters. The first kappa shape index (κ1) is 20.7. The number of carbonyl (C=O) groups excluding carboxylic acids is 1. The number of rotatable bonds is 10. The quantitative estimate of drug-likeness (QED) is 0.407. The minimum Gasteiger partial charge on any atom is -0.494 e. The number of thioether (sulfide) groups is 1. The topological polar surface area (TPSA) is 78.3 Å². The maximum atomic E-state index is 12.1. The number of ether oxygens (including phenoxy) is 2. The molecule has 0 atom stereocenters. The van der Waals surface area contributed by atoms with E-state index in [0.29, 0.717) is 24.9 Å². The van der Waals surface area contributed by atoms with Gasteiger partial charge in [-0.2, -0.15) is 0 Å². The normalized spacial score (nSPS) is 10.6. The van der Waals surface area contributed by atoms with Gasteiger partial charge in [0.1, 0.15) is 24.4 Å². The lowest BCUT2D eigenvalue weighted by Crippen LogP contribution is -2.29. The molecular weight excluding hydrogens is 388 g/mol. The van der Waals surface area contributed by atoms with Crippen LogP contribution in [0.25, 0.3) is 5.69 Å². The largest absolute Gasteiger partial charge is 0.494 e. The lowest BCUT2D eigenvalue weighted by molar-refractivity contribution is -0.118. The third-order valence-corrected chi connectivity index (χ3v) is 4.99. The van der Waals surface area contributed by atoms with Crippen molar-refractivity contribution >= 4 is 17.7 Å². The molecule has 0 aliphatic carbocycles. The van der Waals surface area contributed by atoms with Gasteiger partial charge in [-0.1, -0.05) is 30.0 Å². The molecule has 7 nitrogen and oxygen atoms in total. The van der Waals surface area contributed by atoms with E-state index in [1.54, 1.807) is 6.33 Å². The van der Waals surface area contributed by atoms with Crippen LogP contribution in [0, 0.1) is 6.92 Å². The molecule has 3 rings (SSSR count). The summed E-state index contributed by atoms with van der Waals surface area (Å²) >= 11 is 1.35. The van der Waals surface area contributed by atoms with E-state index in [4.69, 9.17) is 9.47 Å². The molecule has 0 aliphatic rings. The van der Waals surface area contributed by atoms with Gasteiger partial charge in [-0.15, -0.1) is 10.2 Å². The highest BCUT2D eigenvalue weighted by Crippen LogP contribution is 2.21. The van der Waals surface area contributed by atoms with Gasteiger partial charge in [0.25, 0.3) is 0 Å². The average Bonchev–Trinajstić information content (AvgIpc) is 3.20. The van der Waals surface area contributed by atoms with Crippen molar-refractivity contribution in [3.8, 4) is 17.2 Å². The van der Waals surface area contributed by atoms with Gasteiger partial charge in [-0.25, -0.2) is 0 Å². The van der Waals surface area contributed by atoms with Crippen LogP contribution in [-0.4, -0.2) is 46.2 Å². The molecular formula is C21H24N4O3S. The summed E-state index contributed by atoms with van der Waals surface area (Å²) in [5.41, 5.74) is 2.12. The fourth-order valence-electron chi connectivity index (χ4n) is 2.66. The van der Waals surface area contributed by atoms with Crippen LogP contribution in [0.15, 0.2) is 60.0 Å². The minimum atomic E-state index is -0.0790. The summed E-state index contributed by atoms with van der Waals surface area (Å²) in [6, 6.07) is 15.4. The maximum Gasteiger partial charge on any atom is 0.230 e. The number of aryl methyl sites for hydroxylation is 1. The third-order valence-electron chi connectivity index (χ3n) is 4.05. The number of nitrogens with one attached hydrogen (secondary N) is 1. The van der Waals surface area contributed by atoms with Crippen molar-refractivity contribution in [1.29, 1.82) is 0 Å². The number of para-hydroxylation sites is 1. The number of carbonyl (C=O) groups is 1. The predicted octanol–water partition coefficient (Wildman–Crippen LogP) is 3.26. The highest BCUT2D eigenvalue weighted by Gasteiger charge is 2.11. The van der Waals surface area contributed by atoms with E-state index in [1.807, 2.05) is 66.9 Å². The van der Waals surface area contributed by atoms with Crippen molar-refractivity contribution in [2.24, 2.45) is 0 Å². The summed E-state index contributed by atoms with van der Waals surface area (Å²) in [5.74, 6) is 1.73. The second kappa shape index (κ2) is 10.5. The molecule has 2 aromatic carbocycles. The lowest BCUT2D eigenvalue weighted by Gasteiger charge is -2.10. The Kier molecular flexibility index (Phi) is 7.52. The smallest absolute Gasteiger partial charge is 0.230 e. The zero-order valence-electron chi connectivity index (χ0n) is 16.5. The van der Waals surface area contributed by atoms with E-state index in [9.17, 15) is 4.79 Å². The first-order valence-corrected chi connectivity index (χ1v) is 10.4. The van der Waals surface area contributed by atoms with Crippen LogP contribution in [-0.2, 0) is 4.79 Å². The molecule has 1 N–H and O–H groups in total. The molecule has 0 saturated carbocycles. The zero-order valence-corrected chi connectivity index (χ0v) is 17.3. The number of benzene rings is 2. The molecule has 0 fully saturated rings. The van der Waals surface area contributed by atoms with E-state index in [0.717, 1.165) is 22.7 Å². The van der Waals surface area contributed by atoms with Gasteiger partial charge in [0.2, 0.25) is 5.91 Å². The Morgan fingerprint density at radius 3 is 2.55 bits per heavy atom. The summed E-state index contributed by atoms with van der Waals surface area (Å²) in [7, 11) is 0. The minimum absolute atomic E-state index is 0.0790. The van der Waals surface area contributed by atoms with Crippen LogP contribution in [0.2, 0.25) is 0 Å². The number of hydrogen-bond donors (Lipinski definition) is 1. The SMILES string of the molecule is CCOc1ccc(OCCNC(=O)CSc2nncn2-c2ccccc2C)cc1. The highest BCUT2D eigenvalue weighted by molar-refractivity contribution is 7.99. The van der Waals surface area contributed by atoms with Crippen molar-refractivity contribution in [2.75, 3.05) is 25.5 Å². The van der Waals surface area contributed by atoms with Crippen LogP contribution < -0.4 is 14.8 Å². The molecule has 8 heteroatoms. The molecule has 0 spiro atoms. The van der Waals surface area contributed by atoms with Crippen molar-refractivity contribution in [3.05, 3.63) is 60.4 Å². The standard InChI is InChI=1S/C21H24N4O3S/c1-3-27-17-8-10-18(11-9-17)28-13-12-22-20(26)14-29-21-24-23-15-25(21)19-7-5-4-6-16(19)2/h4-11,15H,3,12-14H2,1-2H3,(H,22,26). The van der Waals surface area contributed by atoms with E-state index in [2.05, 4.69) is 15.5 Å². The fraction of sp³-hybridized carbons (Fsp3) is 0.286. The molecule has 1 heterocycles. The van der Waals surface area contributed by atoms with E-state index < -0.39 is 0 Å². The van der Waals surface area contributed by atoms with E-state index in [-0.39, 0.29) is 11.7 Å². The summed E-state index contributed by atoms with van der Waals surface area (Å²) in [4.78, 5) is 12.1. The van der Waals surface area contributed by atoms with Crippen LogP contribution >= 0.6 is 11.8 Å². The monoisotopic (exact) mass is 412 g/mol. The first-order valence-electron chi connectivity index (χ1n) is 9.38. The molecule has 0 saturated heterocycles. The Balaban J connectivity index is 1.41. The molecule has 0 radical (unpaired) electrons. The van der Waals surface area contributed by atoms with Gasteiger partial charge >= 0.3 is 0 Å². The van der Waals surface area contributed by atoms with E-state index in [1.165, 1.54) is 11.8 Å². The van der Waals surface area contributed by atoms with Crippen LogP contribution in [0.1, 0.15) is 12.5 Å². The van der Waals surface area contributed by atoms with Crippen LogP contribution in [0.3, 0.4) is 0 Å². The number of nitrogens with zero attached hydrogens (tertiary/aromatic N) is 3. The van der Waals surface area contributed by atoms with Crippen molar-refractivity contribution < 1.29 is 14.3 Å². The molecule has 29 heavy (non-hydrogen) atoms. The summed E-state index contributed by atoms with van der Waals surface area (Å²) in [6.45, 7) is 5.42. The first-order chi connectivity index (χ1) is 14.2. The highest BCUT2D eigenvalue weighted by atomic mass is 32.2. The van der Waals surface area contributed by atoms with Gasteiger partial charge in [-0.05, 0) is 49.7 Å². The van der Waals surface area contributed by atoms with Gasteiger partial charge in [-0.3, -0.25) is 9.36 Å². The molecule has 1 amide bonds.